The van der Waals surface area contributed by atoms with Crippen molar-refractivity contribution in [1.82, 2.24) is 4.98 Å². The van der Waals surface area contributed by atoms with E-state index >= 15 is 0 Å². The van der Waals surface area contributed by atoms with Crippen molar-refractivity contribution in [3.8, 4) is 0 Å². The van der Waals surface area contributed by atoms with Gasteiger partial charge in [0.25, 0.3) is 0 Å². The first kappa shape index (κ1) is 11.3. The van der Waals surface area contributed by atoms with E-state index in [4.69, 9.17) is 17.3 Å². The number of nitrogen functional groups attached to an aromatic ring is 1. The molecule has 18 heavy (non-hydrogen) atoms. The fourth-order valence-electron chi connectivity index (χ4n) is 1.73. The van der Waals surface area contributed by atoms with Crippen molar-refractivity contribution >= 4 is 50.2 Å². The van der Waals surface area contributed by atoms with Crippen molar-refractivity contribution in [3.63, 3.8) is 0 Å². The molecule has 1 heterocycles. The molecular weight excluding hydrogens is 266 g/mol. The molecule has 0 aliphatic rings. The SMILES string of the molecule is Nc1c(Cl)cccc1Nc1ccc2ncsc2c1. The summed E-state index contributed by atoms with van der Waals surface area (Å²) >= 11 is 7.60. The Labute approximate surface area is 113 Å². The lowest BCUT2D eigenvalue weighted by Gasteiger charge is -2.10. The monoisotopic (exact) mass is 275 g/mol. The van der Waals surface area contributed by atoms with Crippen LogP contribution in [0.1, 0.15) is 0 Å². The zero-order valence-electron chi connectivity index (χ0n) is 9.35. The highest BCUT2D eigenvalue weighted by Crippen LogP contribution is 2.30. The third-order valence-corrected chi connectivity index (χ3v) is 3.78. The number of fused-ring (bicyclic) bond motifs is 1. The van der Waals surface area contributed by atoms with Crippen LogP contribution in [0.15, 0.2) is 41.9 Å². The maximum atomic E-state index is 5.98. The number of thiazole rings is 1. The molecule has 0 unspecified atom stereocenters. The van der Waals surface area contributed by atoms with E-state index in [2.05, 4.69) is 10.3 Å². The van der Waals surface area contributed by atoms with Gasteiger partial charge in [-0.15, -0.1) is 11.3 Å². The van der Waals surface area contributed by atoms with E-state index < -0.39 is 0 Å². The third kappa shape index (κ3) is 2.00. The van der Waals surface area contributed by atoms with Gasteiger partial charge in [0.2, 0.25) is 0 Å². The van der Waals surface area contributed by atoms with Crippen molar-refractivity contribution in [2.45, 2.75) is 0 Å². The van der Waals surface area contributed by atoms with Crippen molar-refractivity contribution < 1.29 is 0 Å². The van der Waals surface area contributed by atoms with E-state index in [9.17, 15) is 0 Å². The highest BCUT2D eigenvalue weighted by atomic mass is 35.5. The second kappa shape index (κ2) is 4.48. The van der Waals surface area contributed by atoms with Gasteiger partial charge in [-0.1, -0.05) is 17.7 Å². The number of halogens is 1. The van der Waals surface area contributed by atoms with Gasteiger partial charge in [0.15, 0.2) is 0 Å². The Bertz CT molecular complexity index is 708. The number of nitrogens with zero attached hydrogens (tertiary/aromatic N) is 1. The summed E-state index contributed by atoms with van der Waals surface area (Å²) in [6.45, 7) is 0. The Morgan fingerprint density at radius 3 is 3.00 bits per heavy atom. The molecule has 0 fully saturated rings. The lowest BCUT2D eigenvalue weighted by atomic mass is 10.2. The maximum Gasteiger partial charge on any atom is 0.0813 e. The summed E-state index contributed by atoms with van der Waals surface area (Å²) in [5.74, 6) is 0. The second-order valence-electron chi connectivity index (χ2n) is 3.86. The molecule has 3 nitrogen and oxygen atoms in total. The summed E-state index contributed by atoms with van der Waals surface area (Å²) in [4.78, 5) is 4.24. The molecule has 0 aliphatic heterocycles. The Balaban J connectivity index is 1.98. The number of hydrogen-bond donors (Lipinski definition) is 2. The van der Waals surface area contributed by atoms with Crippen LogP contribution in [0.25, 0.3) is 10.2 Å². The molecule has 0 radical (unpaired) electrons. The van der Waals surface area contributed by atoms with E-state index in [1.807, 2.05) is 35.8 Å². The molecular formula is C13H10ClN3S. The average Bonchev–Trinajstić information content (AvgIpc) is 2.82. The second-order valence-corrected chi connectivity index (χ2v) is 5.15. The van der Waals surface area contributed by atoms with Gasteiger partial charge >= 0.3 is 0 Å². The molecule has 3 N–H and O–H groups in total. The Kier molecular flexibility index (Phi) is 2.81. The molecule has 2 aromatic carbocycles. The number of nitrogens with one attached hydrogen (secondary N) is 1. The fourth-order valence-corrected chi connectivity index (χ4v) is 2.63. The molecule has 3 aromatic rings. The van der Waals surface area contributed by atoms with Crippen LogP contribution in [0.2, 0.25) is 5.02 Å². The Morgan fingerprint density at radius 1 is 1.22 bits per heavy atom. The summed E-state index contributed by atoms with van der Waals surface area (Å²) < 4.78 is 1.14. The van der Waals surface area contributed by atoms with Crippen molar-refractivity contribution in [3.05, 3.63) is 46.9 Å². The predicted octanol–water partition coefficient (Wildman–Crippen LogP) is 4.28. The molecule has 0 aliphatic carbocycles. The van der Waals surface area contributed by atoms with Crippen LogP contribution in [0.3, 0.4) is 0 Å². The van der Waals surface area contributed by atoms with E-state index in [0.717, 1.165) is 21.6 Å². The maximum absolute atomic E-state index is 5.98. The smallest absolute Gasteiger partial charge is 0.0813 e. The predicted molar refractivity (Wildman–Crippen MR) is 78.8 cm³/mol. The van der Waals surface area contributed by atoms with Gasteiger partial charge in [0, 0.05) is 5.69 Å². The number of para-hydroxylation sites is 1. The highest BCUT2D eigenvalue weighted by molar-refractivity contribution is 7.16. The lowest BCUT2D eigenvalue weighted by molar-refractivity contribution is 1.49. The van der Waals surface area contributed by atoms with Gasteiger partial charge in [-0.3, -0.25) is 0 Å². The van der Waals surface area contributed by atoms with E-state index in [0.29, 0.717) is 10.7 Å². The minimum absolute atomic E-state index is 0.555. The van der Waals surface area contributed by atoms with Crippen LogP contribution in [-0.4, -0.2) is 4.98 Å². The number of hydrogen-bond acceptors (Lipinski definition) is 4. The minimum atomic E-state index is 0.555. The molecule has 90 valence electrons. The van der Waals surface area contributed by atoms with Crippen molar-refractivity contribution in [2.24, 2.45) is 0 Å². The number of rotatable bonds is 2. The van der Waals surface area contributed by atoms with Gasteiger partial charge in [0.1, 0.15) is 0 Å². The minimum Gasteiger partial charge on any atom is -0.396 e. The normalized spacial score (nSPS) is 10.7. The highest BCUT2D eigenvalue weighted by Gasteiger charge is 2.04. The zero-order valence-corrected chi connectivity index (χ0v) is 10.9. The summed E-state index contributed by atoms with van der Waals surface area (Å²) in [7, 11) is 0. The van der Waals surface area contributed by atoms with Crippen LogP contribution in [0.4, 0.5) is 17.1 Å². The van der Waals surface area contributed by atoms with Gasteiger partial charge < -0.3 is 11.1 Å². The standard InChI is InChI=1S/C13H10ClN3S/c14-9-2-1-3-11(13(9)15)17-8-4-5-10-12(6-8)18-7-16-10/h1-7,17H,15H2. The van der Waals surface area contributed by atoms with Crippen LogP contribution >= 0.6 is 22.9 Å². The number of aromatic nitrogens is 1. The first-order valence-corrected chi connectivity index (χ1v) is 6.64. The topological polar surface area (TPSA) is 50.9 Å². The van der Waals surface area contributed by atoms with Crippen LogP contribution in [0, 0.1) is 0 Å². The number of nitrogens with two attached hydrogens (primary N) is 1. The molecule has 1 aromatic heterocycles. The van der Waals surface area contributed by atoms with Gasteiger partial charge in [-0.2, -0.15) is 0 Å². The van der Waals surface area contributed by atoms with Crippen molar-refractivity contribution in [2.75, 3.05) is 11.1 Å². The molecule has 3 rings (SSSR count). The first-order chi connectivity index (χ1) is 8.74. The number of benzene rings is 2. The van der Waals surface area contributed by atoms with Gasteiger partial charge in [-0.25, -0.2) is 4.98 Å². The lowest BCUT2D eigenvalue weighted by Crippen LogP contribution is -1.96. The van der Waals surface area contributed by atoms with Crippen LogP contribution < -0.4 is 11.1 Å². The van der Waals surface area contributed by atoms with Crippen molar-refractivity contribution in [1.29, 1.82) is 0 Å². The summed E-state index contributed by atoms with van der Waals surface area (Å²) in [5.41, 5.74) is 11.1. The quantitative estimate of drug-likeness (QED) is 0.687. The number of anilines is 3. The molecule has 0 amide bonds. The molecule has 0 spiro atoms. The average molecular weight is 276 g/mol. The molecule has 0 atom stereocenters. The summed E-state index contributed by atoms with van der Waals surface area (Å²) in [5, 5.41) is 3.82. The Hall–Kier alpha value is -1.78. The van der Waals surface area contributed by atoms with E-state index in [1.54, 1.807) is 17.4 Å². The van der Waals surface area contributed by atoms with Gasteiger partial charge in [0.05, 0.1) is 32.1 Å². The van der Waals surface area contributed by atoms with Crippen LogP contribution in [0.5, 0.6) is 0 Å². The summed E-state index contributed by atoms with van der Waals surface area (Å²) in [6.07, 6.45) is 0. The largest absolute Gasteiger partial charge is 0.396 e. The fraction of sp³-hybridized carbons (Fsp3) is 0. The third-order valence-electron chi connectivity index (χ3n) is 2.66. The summed E-state index contributed by atoms with van der Waals surface area (Å²) in [6, 6.07) is 11.5. The van der Waals surface area contributed by atoms with E-state index in [-0.39, 0.29) is 0 Å². The van der Waals surface area contributed by atoms with Gasteiger partial charge in [-0.05, 0) is 30.3 Å². The molecule has 5 heteroatoms. The molecule has 0 saturated heterocycles. The first-order valence-electron chi connectivity index (χ1n) is 5.38. The molecule has 0 saturated carbocycles. The molecule has 0 bridgehead atoms. The zero-order chi connectivity index (χ0) is 12.5. The van der Waals surface area contributed by atoms with Crippen LogP contribution in [-0.2, 0) is 0 Å². The Morgan fingerprint density at radius 2 is 2.11 bits per heavy atom. The van der Waals surface area contributed by atoms with E-state index in [1.165, 1.54) is 0 Å².